The summed E-state index contributed by atoms with van der Waals surface area (Å²) in [6.07, 6.45) is 5.16. The fraction of sp³-hybridized carbons (Fsp3) is 0.357. The van der Waals surface area contributed by atoms with Crippen LogP contribution in [0.25, 0.3) is 6.08 Å². The number of hydrogen-bond acceptors (Lipinski definition) is 4. The first kappa shape index (κ1) is 12.7. The molecule has 6 nitrogen and oxygen atoms in total. The van der Waals surface area contributed by atoms with E-state index in [0.29, 0.717) is 31.7 Å². The maximum Gasteiger partial charge on any atom is 0.246 e. The van der Waals surface area contributed by atoms with Crippen molar-refractivity contribution in [3.8, 4) is 0 Å². The van der Waals surface area contributed by atoms with Gasteiger partial charge >= 0.3 is 0 Å². The van der Waals surface area contributed by atoms with Crippen molar-refractivity contribution in [3.05, 3.63) is 30.2 Å². The Morgan fingerprint density at radius 1 is 1.25 bits per heavy atom. The van der Waals surface area contributed by atoms with Crippen LogP contribution in [0.2, 0.25) is 0 Å². The monoisotopic (exact) mass is 274 g/mol. The zero-order chi connectivity index (χ0) is 14.1. The van der Waals surface area contributed by atoms with Crippen molar-refractivity contribution in [1.29, 1.82) is 0 Å². The minimum atomic E-state index is -0.154. The number of amides is 3. The molecule has 2 saturated heterocycles. The molecule has 0 N–H and O–H groups in total. The van der Waals surface area contributed by atoms with Gasteiger partial charge in [0.2, 0.25) is 17.7 Å². The Balaban J connectivity index is 1.54. The predicted molar refractivity (Wildman–Crippen MR) is 69.2 cm³/mol. The molecule has 2 fully saturated rings. The molecule has 6 heteroatoms. The molecule has 3 rings (SSSR count). The van der Waals surface area contributed by atoms with E-state index in [1.165, 1.54) is 17.2 Å². The van der Waals surface area contributed by atoms with Crippen LogP contribution in [0.5, 0.6) is 0 Å². The molecule has 104 valence electrons. The van der Waals surface area contributed by atoms with E-state index >= 15 is 0 Å². The highest BCUT2D eigenvalue weighted by atomic mass is 16.3. The summed E-state index contributed by atoms with van der Waals surface area (Å²) in [4.78, 5) is 37.9. The van der Waals surface area contributed by atoms with Crippen molar-refractivity contribution in [2.24, 2.45) is 0 Å². The molecule has 0 radical (unpaired) electrons. The standard InChI is InChI=1S/C14H14N2O4/c17-12(4-3-11-2-1-7-20-11)15-8-10(9-15)16-13(18)5-6-14(16)19/h1-4,7,10H,5-6,8-9H2/b4-3+. The van der Waals surface area contributed by atoms with Gasteiger partial charge < -0.3 is 9.32 Å². The Labute approximate surface area is 115 Å². The van der Waals surface area contributed by atoms with Crippen LogP contribution >= 0.6 is 0 Å². The average molecular weight is 274 g/mol. The highest BCUT2D eigenvalue weighted by molar-refractivity contribution is 6.02. The minimum Gasteiger partial charge on any atom is -0.465 e. The highest BCUT2D eigenvalue weighted by Gasteiger charge is 2.42. The Hall–Kier alpha value is -2.37. The average Bonchev–Trinajstić information content (AvgIpc) is 2.99. The summed E-state index contributed by atoms with van der Waals surface area (Å²) in [5, 5.41) is 0. The zero-order valence-corrected chi connectivity index (χ0v) is 10.8. The van der Waals surface area contributed by atoms with Crippen molar-refractivity contribution >= 4 is 23.8 Å². The van der Waals surface area contributed by atoms with Crippen LogP contribution in [0, 0.1) is 0 Å². The summed E-state index contributed by atoms with van der Waals surface area (Å²) in [5.74, 6) is 0.216. The maximum atomic E-state index is 11.9. The van der Waals surface area contributed by atoms with Crippen LogP contribution in [0.1, 0.15) is 18.6 Å². The summed E-state index contributed by atoms with van der Waals surface area (Å²) < 4.78 is 5.09. The van der Waals surface area contributed by atoms with Gasteiger partial charge in [0.05, 0.1) is 12.3 Å². The van der Waals surface area contributed by atoms with E-state index in [2.05, 4.69) is 0 Å². The van der Waals surface area contributed by atoms with E-state index in [1.54, 1.807) is 23.1 Å². The van der Waals surface area contributed by atoms with Gasteiger partial charge in [-0.05, 0) is 18.2 Å². The van der Waals surface area contributed by atoms with E-state index in [1.807, 2.05) is 0 Å². The lowest BCUT2D eigenvalue weighted by molar-refractivity contribution is -0.149. The quantitative estimate of drug-likeness (QED) is 0.599. The fourth-order valence-electron chi connectivity index (χ4n) is 2.44. The Morgan fingerprint density at radius 3 is 2.55 bits per heavy atom. The second-order valence-corrected chi connectivity index (χ2v) is 4.90. The number of rotatable bonds is 3. The van der Waals surface area contributed by atoms with Crippen LogP contribution in [-0.2, 0) is 14.4 Å². The van der Waals surface area contributed by atoms with Gasteiger partial charge in [-0.15, -0.1) is 0 Å². The van der Waals surface area contributed by atoms with Crippen LogP contribution < -0.4 is 0 Å². The molecule has 0 aromatic carbocycles. The molecule has 0 atom stereocenters. The number of imide groups is 1. The molecule has 2 aliphatic rings. The lowest BCUT2D eigenvalue weighted by Crippen LogP contribution is -2.61. The molecule has 20 heavy (non-hydrogen) atoms. The normalized spacial score (nSPS) is 20.0. The molecule has 3 heterocycles. The topological polar surface area (TPSA) is 70.8 Å². The van der Waals surface area contributed by atoms with Crippen LogP contribution in [-0.4, -0.2) is 46.7 Å². The first-order valence-corrected chi connectivity index (χ1v) is 6.50. The van der Waals surface area contributed by atoms with Crippen LogP contribution in [0.4, 0.5) is 0 Å². The van der Waals surface area contributed by atoms with Crippen LogP contribution in [0.15, 0.2) is 28.9 Å². The maximum absolute atomic E-state index is 11.9. The van der Waals surface area contributed by atoms with Gasteiger partial charge in [0.25, 0.3) is 0 Å². The SMILES string of the molecule is O=C(/C=C/c1ccco1)N1CC(N2C(=O)CCC2=O)C1. The third kappa shape index (κ3) is 2.24. The smallest absolute Gasteiger partial charge is 0.246 e. The second kappa shape index (κ2) is 4.96. The van der Waals surface area contributed by atoms with E-state index in [4.69, 9.17) is 4.42 Å². The highest BCUT2D eigenvalue weighted by Crippen LogP contribution is 2.22. The molecular weight excluding hydrogens is 260 g/mol. The Morgan fingerprint density at radius 2 is 1.95 bits per heavy atom. The van der Waals surface area contributed by atoms with Gasteiger partial charge in [-0.25, -0.2) is 0 Å². The lowest BCUT2D eigenvalue weighted by atomic mass is 10.1. The number of carbonyl (C=O) groups excluding carboxylic acids is 3. The molecule has 2 aliphatic heterocycles. The van der Waals surface area contributed by atoms with Crippen molar-refractivity contribution in [2.75, 3.05) is 13.1 Å². The fourth-order valence-corrected chi connectivity index (χ4v) is 2.44. The van der Waals surface area contributed by atoms with Crippen molar-refractivity contribution in [1.82, 2.24) is 9.80 Å². The van der Waals surface area contributed by atoms with Crippen molar-refractivity contribution < 1.29 is 18.8 Å². The van der Waals surface area contributed by atoms with E-state index in [9.17, 15) is 14.4 Å². The molecule has 3 amide bonds. The van der Waals surface area contributed by atoms with Gasteiger partial charge in [-0.1, -0.05) is 0 Å². The number of likely N-dealkylation sites (tertiary alicyclic amines) is 2. The largest absolute Gasteiger partial charge is 0.465 e. The summed E-state index contributed by atoms with van der Waals surface area (Å²) >= 11 is 0. The van der Waals surface area contributed by atoms with Gasteiger partial charge in [-0.3, -0.25) is 19.3 Å². The zero-order valence-electron chi connectivity index (χ0n) is 10.8. The lowest BCUT2D eigenvalue weighted by Gasteiger charge is -2.42. The summed E-state index contributed by atoms with van der Waals surface area (Å²) in [6.45, 7) is 0.831. The number of carbonyl (C=O) groups is 3. The predicted octanol–water partition coefficient (Wildman–Crippen LogP) is 0.653. The minimum absolute atomic E-state index is 0.127. The van der Waals surface area contributed by atoms with Crippen LogP contribution in [0.3, 0.4) is 0 Å². The third-order valence-corrected chi connectivity index (χ3v) is 3.56. The molecule has 1 aromatic rings. The molecular formula is C14H14N2O4. The van der Waals surface area contributed by atoms with Gasteiger partial charge in [0.1, 0.15) is 5.76 Å². The number of furan rings is 1. The molecule has 0 bridgehead atoms. The molecule has 0 saturated carbocycles. The van der Waals surface area contributed by atoms with Gasteiger partial charge in [-0.2, -0.15) is 0 Å². The summed E-state index contributed by atoms with van der Waals surface area (Å²) in [7, 11) is 0. The Kier molecular flexibility index (Phi) is 3.14. The first-order valence-electron chi connectivity index (χ1n) is 6.50. The van der Waals surface area contributed by atoms with E-state index in [0.717, 1.165) is 0 Å². The van der Waals surface area contributed by atoms with E-state index in [-0.39, 0.29) is 23.8 Å². The third-order valence-electron chi connectivity index (χ3n) is 3.56. The first-order chi connectivity index (χ1) is 9.65. The van der Waals surface area contributed by atoms with Gasteiger partial charge in [0, 0.05) is 32.0 Å². The Bertz CT molecular complexity index is 554. The van der Waals surface area contributed by atoms with Gasteiger partial charge in [0.15, 0.2) is 0 Å². The number of hydrogen-bond donors (Lipinski definition) is 0. The second-order valence-electron chi connectivity index (χ2n) is 4.90. The molecule has 1 aromatic heterocycles. The van der Waals surface area contributed by atoms with E-state index < -0.39 is 0 Å². The number of nitrogens with zero attached hydrogens (tertiary/aromatic N) is 2. The van der Waals surface area contributed by atoms with Crippen molar-refractivity contribution in [3.63, 3.8) is 0 Å². The molecule has 0 aliphatic carbocycles. The van der Waals surface area contributed by atoms with Crippen molar-refractivity contribution in [2.45, 2.75) is 18.9 Å². The molecule has 0 unspecified atom stereocenters. The molecule has 0 spiro atoms. The summed E-state index contributed by atoms with van der Waals surface area (Å²) in [5.41, 5.74) is 0. The summed E-state index contributed by atoms with van der Waals surface area (Å²) in [6, 6.07) is 3.34.